The zero-order valence-electron chi connectivity index (χ0n) is 9.08. The zero-order valence-corrected chi connectivity index (χ0v) is 9.84. The van der Waals surface area contributed by atoms with Crippen LogP contribution in [-0.2, 0) is 0 Å². The van der Waals surface area contributed by atoms with Gasteiger partial charge in [0.2, 0.25) is 0 Å². The standard InChI is InChI=1S/C13H11ClO2/c1-7-11(8(2)14)13(16)10-6-4-3-5-9(10)12(7)15/h3-6,8H,1-2H3. The Kier molecular flexibility index (Phi) is 2.68. The topological polar surface area (TPSA) is 34.1 Å². The number of carbonyl (C=O) groups excluding carboxylic acids is 2. The van der Waals surface area contributed by atoms with Crippen LogP contribution in [0.25, 0.3) is 0 Å². The Morgan fingerprint density at radius 3 is 2.06 bits per heavy atom. The largest absolute Gasteiger partial charge is 0.289 e. The van der Waals surface area contributed by atoms with Crippen molar-refractivity contribution in [3.8, 4) is 0 Å². The van der Waals surface area contributed by atoms with Crippen molar-refractivity contribution >= 4 is 23.2 Å². The van der Waals surface area contributed by atoms with Gasteiger partial charge < -0.3 is 0 Å². The quantitative estimate of drug-likeness (QED) is 0.700. The molecule has 0 amide bonds. The lowest BCUT2D eigenvalue weighted by Gasteiger charge is -2.20. The van der Waals surface area contributed by atoms with E-state index >= 15 is 0 Å². The smallest absolute Gasteiger partial charge is 0.191 e. The number of alkyl halides is 1. The van der Waals surface area contributed by atoms with Crippen LogP contribution in [0.15, 0.2) is 35.4 Å². The van der Waals surface area contributed by atoms with Gasteiger partial charge in [-0.15, -0.1) is 11.6 Å². The second kappa shape index (κ2) is 3.87. The highest BCUT2D eigenvalue weighted by atomic mass is 35.5. The number of allylic oxidation sites excluding steroid dienone is 2. The lowest BCUT2D eigenvalue weighted by atomic mass is 9.83. The van der Waals surface area contributed by atoms with Crippen molar-refractivity contribution in [1.82, 2.24) is 0 Å². The van der Waals surface area contributed by atoms with E-state index in [0.29, 0.717) is 22.3 Å². The third-order valence-corrected chi connectivity index (χ3v) is 3.02. The van der Waals surface area contributed by atoms with Crippen molar-refractivity contribution in [2.45, 2.75) is 19.2 Å². The third-order valence-electron chi connectivity index (χ3n) is 2.80. The summed E-state index contributed by atoms with van der Waals surface area (Å²) in [6, 6.07) is 6.85. The number of hydrogen-bond acceptors (Lipinski definition) is 2. The number of hydrogen-bond donors (Lipinski definition) is 0. The van der Waals surface area contributed by atoms with Gasteiger partial charge in [-0.3, -0.25) is 9.59 Å². The first-order valence-corrected chi connectivity index (χ1v) is 5.51. The first-order valence-electron chi connectivity index (χ1n) is 5.07. The second-order valence-corrected chi connectivity index (χ2v) is 4.51. The van der Waals surface area contributed by atoms with Crippen LogP contribution in [0.2, 0.25) is 0 Å². The molecule has 0 aliphatic heterocycles. The van der Waals surface area contributed by atoms with Crippen molar-refractivity contribution in [1.29, 1.82) is 0 Å². The summed E-state index contributed by atoms with van der Waals surface area (Å²) < 4.78 is 0. The van der Waals surface area contributed by atoms with Crippen LogP contribution >= 0.6 is 11.6 Å². The Morgan fingerprint density at radius 1 is 1.06 bits per heavy atom. The molecule has 1 unspecified atom stereocenters. The molecule has 2 rings (SSSR count). The van der Waals surface area contributed by atoms with E-state index in [-0.39, 0.29) is 11.6 Å². The van der Waals surface area contributed by atoms with Gasteiger partial charge in [0.05, 0.1) is 5.38 Å². The van der Waals surface area contributed by atoms with Gasteiger partial charge in [-0.2, -0.15) is 0 Å². The Labute approximate surface area is 98.9 Å². The average Bonchev–Trinajstić information content (AvgIpc) is 2.26. The molecule has 0 N–H and O–H groups in total. The van der Waals surface area contributed by atoms with E-state index < -0.39 is 5.38 Å². The van der Waals surface area contributed by atoms with Crippen molar-refractivity contribution in [2.75, 3.05) is 0 Å². The average molecular weight is 235 g/mol. The molecule has 0 fully saturated rings. The molecule has 1 aliphatic rings. The van der Waals surface area contributed by atoms with Gasteiger partial charge in [0, 0.05) is 22.3 Å². The Balaban J connectivity index is 2.68. The van der Waals surface area contributed by atoms with E-state index in [4.69, 9.17) is 11.6 Å². The number of ketones is 2. The van der Waals surface area contributed by atoms with Crippen LogP contribution in [0.5, 0.6) is 0 Å². The number of rotatable bonds is 1. The molecule has 0 saturated carbocycles. The molecule has 0 spiro atoms. The van der Waals surface area contributed by atoms with Crippen molar-refractivity contribution < 1.29 is 9.59 Å². The van der Waals surface area contributed by atoms with Gasteiger partial charge in [-0.25, -0.2) is 0 Å². The van der Waals surface area contributed by atoms with Crippen LogP contribution in [0.4, 0.5) is 0 Å². The Hall–Kier alpha value is -1.41. The van der Waals surface area contributed by atoms with Crippen molar-refractivity contribution in [3.05, 3.63) is 46.5 Å². The molecular weight excluding hydrogens is 224 g/mol. The van der Waals surface area contributed by atoms with E-state index in [0.717, 1.165) is 0 Å². The molecular formula is C13H11ClO2. The van der Waals surface area contributed by atoms with E-state index in [1.54, 1.807) is 38.1 Å². The molecule has 1 aromatic carbocycles. The minimum Gasteiger partial charge on any atom is -0.289 e. The molecule has 2 nitrogen and oxygen atoms in total. The number of benzene rings is 1. The highest BCUT2D eigenvalue weighted by molar-refractivity contribution is 6.33. The zero-order chi connectivity index (χ0) is 11.9. The van der Waals surface area contributed by atoms with Crippen molar-refractivity contribution in [2.24, 2.45) is 0 Å². The fourth-order valence-electron chi connectivity index (χ4n) is 2.00. The minimum atomic E-state index is -0.440. The fourth-order valence-corrected chi connectivity index (χ4v) is 2.26. The normalized spacial score (nSPS) is 17.4. The third kappa shape index (κ3) is 1.50. The fraction of sp³-hybridized carbons (Fsp3) is 0.231. The Morgan fingerprint density at radius 2 is 1.56 bits per heavy atom. The SMILES string of the molecule is CC1=C(C(C)Cl)C(=O)c2ccccc2C1=O. The molecule has 16 heavy (non-hydrogen) atoms. The summed E-state index contributed by atoms with van der Waals surface area (Å²) in [6.07, 6.45) is 0. The van der Waals surface area contributed by atoms with E-state index in [1.165, 1.54) is 0 Å². The molecule has 82 valence electrons. The minimum absolute atomic E-state index is 0.0994. The Bertz CT molecular complexity index is 512. The number of carbonyl (C=O) groups is 2. The molecule has 1 atom stereocenters. The molecule has 0 heterocycles. The lowest BCUT2D eigenvalue weighted by Crippen LogP contribution is -2.24. The maximum absolute atomic E-state index is 12.1. The van der Waals surface area contributed by atoms with E-state index in [9.17, 15) is 9.59 Å². The van der Waals surface area contributed by atoms with Gasteiger partial charge in [0.25, 0.3) is 0 Å². The molecule has 0 radical (unpaired) electrons. The highest BCUT2D eigenvalue weighted by Crippen LogP contribution is 2.29. The van der Waals surface area contributed by atoms with E-state index in [2.05, 4.69) is 0 Å². The first-order chi connectivity index (χ1) is 7.54. The van der Waals surface area contributed by atoms with Crippen LogP contribution in [-0.4, -0.2) is 16.9 Å². The molecule has 1 aromatic rings. The number of halogens is 1. The highest BCUT2D eigenvalue weighted by Gasteiger charge is 2.31. The van der Waals surface area contributed by atoms with Crippen LogP contribution in [0.3, 0.4) is 0 Å². The van der Waals surface area contributed by atoms with Crippen LogP contribution in [0, 0.1) is 0 Å². The summed E-state index contributed by atoms with van der Waals surface area (Å²) in [5.41, 5.74) is 1.82. The molecule has 3 heteroatoms. The van der Waals surface area contributed by atoms with Gasteiger partial charge >= 0.3 is 0 Å². The number of Topliss-reactive ketones (excluding diaryl/α,β-unsaturated/α-hetero) is 2. The molecule has 1 aliphatic carbocycles. The number of fused-ring (bicyclic) bond motifs is 1. The summed E-state index contributed by atoms with van der Waals surface area (Å²) in [4.78, 5) is 24.1. The summed E-state index contributed by atoms with van der Waals surface area (Å²) in [6.45, 7) is 3.36. The summed E-state index contributed by atoms with van der Waals surface area (Å²) in [5.74, 6) is -0.229. The lowest BCUT2D eigenvalue weighted by molar-refractivity contribution is 0.0973. The van der Waals surface area contributed by atoms with Gasteiger partial charge in [-0.05, 0) is 13.8 Å². The second-order valence-electron chi connectivity index (χ2n) is 3.86. The maximum atomic E-state index is 12.1. The van der Waals surface area contributed by atoms with Crippen molar-refractivity contribution in [3.63, 3.8) is 0 Å². The molecule has 0 bridgehead atoms. The monoisotopic (exact) mass is 234 g/mol. The molecule has 0 aromatic heterocycles. The van der Waals surface area contributed by atoms with Gasteiger partial charge in [0.15, 0.2) is 11.6 Å². The molecule has 0 saturated heterocycles. The first kappa shape index (κ1) is 11.1. The summed E-state index contributed by atoms with van der Waals surface area (Å²) in [7, 11) is 0. The summed E-state index contributed by atoms with van der Waals surface area (Å²) >= 11 is 5.95. The van der Waals surface area contributed by atoms with E-state index in [1.807, 2.05) is 0 Å². The predicted molar refractivity (Wildman–Crippen MR) is 63.1 cm³/mol. The van der Waals surface area contributed by atoms with Gasteiger partial charge in [-0.1, -0.05) is 24.3 Å². The van der Waals surface area contributed by atoms with Crippen LogP contribution in [0.1, 0.15) is 34.6 Å². The van der Waals surface area contributed by atoms with Crippen LogP contribution < -0.4 is 0 Å². The summed E-state index contributed by atoms with van der Waals surface area (Å²) in [5, 5.41) is -0.440. The maximum Gasteiger partial charge on any atom is 0.191 e. The predicted octanol–water partition coefficient (Wildman–Crippen LogP) is 3.01. The van der Waals surface area contributed by atoms with Gasteiger partial charge in [0.1, 0.15) is 0 Å².